The van der Waals surface area contributed by atoms with Gasteiger partial charge in [-0.05, 0) is 23.3 Å². The first-order valence-electron chi connectivity index (χ1n) is 5.61. The van der Waals surface area contributed by atoms with Crippen LogP contribution in [0.15, 0.2) is 23.1 Å². The van der Waals surface area contributed by atoms with Crippen molar-refractivity contribution in [1.29, 1.82) is 0 Å². The fourth-order valence-electron chi connectivity index (χ4n) is 1.84. The quantitative estimate of drug-likeness (QED) is 0.796. The van der Waals surface area contributed by atoms with Gasteiger partial charge < -0.3 is 5.32 Å². The molecule has 0 spiro atoms. The van der Waals surface area contributed by atoms with Crippen LogP contribution in [-0.2, 0) is 33.9 Å². The molecule has 1 aromatic carbocycles. The maximum atomic E-state index is 12.0. The molecule has 2 N–H and O–H groups in total. The number of rotatable bonds is 5. The van der Waals surface area contributed by atoms with Gasteiger partial charge in [-0.1, -0.05) is 6.07 Å². The van der Waals surface area contributed by atoms with Crippen LogP contribution in [0, 0.1) is 0 Å². The van der Waals surface area contributed by atoms with E-state index in [0.29, 0.717) is 12.3 Å². The Morgan fingerprint density at radius 2 is 2.06 bits per heavy atom. The Balaban J connectivity index is 2.12. The zero-order valence-electron chi connectivity index (χ0n) is 10.1. The molecule has 0 radical (unpaired) electrons. The maximum absolute atomic E-state index is 12.0. The Morgan fingerprint density at radius 3 is 2.78 bits per heavy atom. The Hall–Kier alpha value is -0.760. The molecule has 100 valence electrons. The Labute approximate surface area is 109 Å². The first-order chi connectivity index (χ1) is 8.49. The highest BCUT2D eigenvalue weighted by Gasteiger charge is 2.17. The molecular formula is C11H16N2O3S2. The molecule has 0 aromatic heterocycles. The molecular weight excluding hydrogens is 272 g/mol. The van der Waals surface area contributed by atoms with Gasteiger partial charge in [0.25, 0.3) is 0 Å². The van der Waals surface area contributed by atoms with Crippen LogP contribution in [-0.4, -0.2) is 31.2 Å². The summed E-state index contributed by atoms with van der Waals surface area (Å²) >= 11 is 0. The van der Waals surface area contributed by atoms with E-state index in [1.165, 1.54) is 0 Å². The summed E-state index contributed by atoms with van der Waals surface area (Å²) in [4.78, 5) is 0.270. The molecule has 0 amide bonds. The lowest BCUT2D eigenvalue weighted by molar-refractivity contribution is 0.584. The van der Waals surface area contributed by atoms with Crippen molar-refractivity contribution in [3.63, 3.8) is 0 Å². The van der Waals surface area contributed by atoms with Gasteiger partial charge in [-0.25, -0.2) is 13.1 Å². The summed E-state index contributed by atoms with van der Waals surface area (Å²) in [7, 11) is -4.48. The van der Waals surface area contributed by atoms with Gasteiger partial charge in [-0.2, -0.15) is 0 Å². The van der Waals surface area contributed by atoms with E-state index >= 15 is 0 Å². The fraction of sp³-hybridized carbons (Fsp3) is 0.455. The normalized spacial score (nSPS) is 16.5. The van der Waals surface area contributed by atoms with Crippen LogP contribution >= 0.6 is 0 Å². The van der Waals surface area contributed by atoms with Crippen LogP contribution < -0.4 is 10.0 Å². The molecule has 0 aliphatic carbocycles. The molecule has 1 heterocycles. The third-order valence-corrected chi connectivity index (χ3v) is 5.04. The topological polar surface area (TPSA) is 75.3 Å². The second-order valence-electron chi connectivity index (χ2n) is 4.21. The Kier molecular flexibility index (Phi) is 4.16. The van der Waals surface area contributed by atoms with Crippen molar-refractivity contribution in [3.8, 4) is 0 Å². The zero-order chi connectivity index (χ0) is 13.2. The largest absolute Gasteiger partial charge is 0.309 e. The monoisotopic (exact) mass is 288 g/mol. The summed E-state index contributed by atoms with van der Waals surface area (Å²) in [5, 5.41) is 3.17. The van der Waals surface area contributed by atoms with Crippen molar-refractivity contribution < 1.29 is 12.6 Å². The predicted molar refractivity (Wildman–Crippen MR) is 71.1 cm³/mol. The van der Waals surface area contributed by atoms with E-state index in [4.69, 9.17) is 0 Å². The minimum Gasteiger partial charge on any atom is -0.309 e. The summed E-state index contributed by atoms with van der Waals surface area (Å²) < 4.78 is 37.3. The first-order valence-corrected chi connectivity index (χ1v) is 8.82. The van der Waals surface area contributed by atoms with E-state index in [2.05, 4.69) is 10.0 Å². The lowest BCUT2D eigenvalue weighted by Gasteiger charge is -2.07. The molecule has 18 heavy (non-hydrogen) atoms. The predicted octanol–water partition coefficient (Wildman–Crippen LogP) is -0.0534. The minimum absolute atomic E-state index is 0.195. The third-order valence-electron chi connectivity index (χ3n) is 2.80. The highest BCUT2D eigenvalue weighted by Crippen LogP contribution is 2.19. The van der Waals surface area contributed by atoms with E-state index in [0.717, 1.165) is 17.7 Å². The maximum Gasteiger partial charge on any atom is 0.240 e. The number of hydrogen-bond acceptors (Lipinski definition) is 4. The van der Waals surface area contributed by atoms with Gasteiger partial charge in [-0.3, -0.25) is 4.21 Å². The molecule has 0 bridgehead atoms. The average molecular weight is 288 g/mol. The lowest BCUT2D eigenvalue weighted by atomic mass is 10.1. The van der Waals surface area contributed by atoms with Gasteiger partial charge >= 0.3 is 0 Å². The molecule has 7 heteroatoms. The van der Waals surface area contributed by atoms with Crippen LogP contribution in [0.4, 0.5) is 0 Å². The number of fused-ring (bicyclic) bond motifs is 1. The Bertz CT molecular complexity index is 570. The molecule has 0 fully saturated rings. The lowest BCUT2D eigenvalue weighted by Crippen LogP contribution is -2.27. The number of nitrogens with one attached hydrogen (secondary N) is 2. The van der Waals surface area contributed by atoms with Crippen molar-refractivity contribution in [2.45, 2.75) is 18.0 Å². The van der Waals surface area contributed by atoms with Crippen LogP contribution in [0.3, 0.4) is 0 Å². The SMILES string of the molecule is CS(=O)CCNS(=O)(=O)c1ccc2c(c1)CNC2. The van der Waals surface area contributed by atoms with Gasteiger partial charge in [0, 0.05) is 42.4 Å². The van der Waals surface area contributed by atoms with Crippen LogP contribution in [0.5, 0.6) is 0 Å². The van der Waals surface area contributed by atoms with E-state index in [1.807, 2.05) is 6.07 Å². The van der Waals surface area contributed by atoms with Crippen molar-refractivity contribution in [2.24, 2.45) is 0 Å². The van der Waals surface area contributed by atoms with Gasteiger partial charge in [0.2, 0.25) is 10.0 Å². The summed E-state index contributed by atoms with van der Waals surface area (Å²) in [5.41, 5.74) is 2.17. The van der Waals surface area contributed by atoms with Crippen molar-refractivity contribution >= 4 is 20.8 Å². The average Bonchev–Trinajstić information content (AvgIpc) is 2.74. The second kappa shape index (κ2) is 5.48. The number of sulfonamides is 1. The minimum atomic E-state index is -3.49. The van der Waals surface area contributed by atoms with Gasteiger partial charge in [0.05, 0.1) is 4.90 Å². The molecule has 1 aliphatic heterocycles. The standard InChI is InChI=1S/C11H16N2O3S2/c1-17(14)5-4-13-18(15,16)11-3-2-9-7-12-8-10(9)6-11/h2-3,6,12-13H,4-5,7-8H2,1H3. The molecule has 2 rings (SSSR count). The van der Waals surface area contributed by atoms with E-state index in [-0.39, 0.29) is 11.4 Å². The van der Waals surface area contributed by atoms with Crippen molar-refractivity contribution in [2.75, 3.05) is 18.6 Å². The second-order valence-corrected chi connectivity index (χ2v) is 7.53. The molecule has 1 aromatic rings. The smallest absolute Gasteiger partial charge is 0.240 e. The molecule has 0 saturated heterocycles. The number of benzene rings is 1. The summed E-state index contributed by atoms with van der Waals surface area (Å²) in [6.45, 7) is 1.69. The fourth-order valence-corrected chi connectivity index (χ4v) is 3.44. The zero-order valence-corrected chi connectivity index (χ0v) is 11.7. The van der Waals surface area contributed by atoms with E-state index in [1.54, 1.807) is 18.4 Å². The highest BCUT2D eigenvalue weighted by atomic mass is 32.2. The summed E-state index contributed by atoms with van der Waals surface area (Å²) in [6.07, 6.45) is 1.55. The van der Waals surface area contributed by atoms with Gasteiger partial charge in [0.1, 0.15) is 0 Å². The third kappa shape index (κ3) is 3.17. The molecule has 5 nitrogen and oxygen atoms in total. The molecule has 1 unspecified atom stereocenters. The van der Waals surface area contributed by atoms with Crippen molar-refractivity contribution in [1.82, 2.24) is 10.0 Å². The molecule has 0 saturated carbocycles. The number of hydrogen-bond donors (Lipinski definition) is 2. The van der Waals surface area contributed by atoms with Gasteiger partial charge in [-0.15, -0.1) is 0 Å². The Morgan fingerprint density at radius 1 is 1.33 bits per heavy atom. The van der Waals surface area contributed by atoms with Crippen LogP contribution in [0.1, 0.15) is 11.1 Å². The highest BCUT2D eigenvalue weighted by molar-refractivity contribution is 7.89. The van der Waals surface area contributed by atoms with Crippen LogP contribution in [0.25, 0.3) is 0 Å². The summed E-state index contributed by atoms with van der Waals surface area (Å²) in [5.74, 6) is 0.325. The van der Waals surface area contributed by atoms with E-state index < -0.39 is 20.8 Å². The van der Waals surface area contributed by atoms with Crippen molar-refractivity contribution in [3.05, 3.63) is 29.3 Å². The van der Waals surface area contributed by atoms with Crippen LogP contribution in [0.2, 0.25) is 0 Å². The van der Waals surface area contributed by atoms with Gasteiger partial charge in [0.15, 0.2) is 0 Å². The summed E-state index contributed by atoms with van der Waals surface area (Å²) in [6, 6.07) is 5.14. The van der Waals surface area contributed by atoms with E-state index in [9.17, 15) is 12.6 Å². The molecule has 1 aliphatic rings. The molecule has 1 atom stereocenters. The first kappa shape index (κ1) is 13.7.